The molecule has 40 heavy (non-hydrogen) atoms. The van der Waals surface area contributed by atoms with Crippen molar-refractivity contribution >= 4 is 40.5 Å². The second kappa shape index (κ2) is 9.48. The standard InChI is InChI=1S/C30H27F3N4O3/c1-36-24-12-9-19(30(31,32)33)17-25(24)37(21-6-3-2-4-7-21)28(40)29(27(36)39)14-13-18-16-20(10-11-22(18)29)35-26(38)23-8-5-15-34-23/h2-4,6-7,9-12,16-17,23,34H,5,8,13-15H2,1H3,(H,35,38)/t23-,29?/m0/s1. The molecule has 10 heteroatoms. The predicted molar refractivity (Wildman–Crippen MR) is 145 cm³/mol. The molecule has 3 amide bonds. The first-order chi connectivity index (χ1) is 19.1. The van der Waals surface area contributed by atoms with E-state index in [-0.39, 0.29) is 29.7 Å². The lowest BCUT2D eigenvalue weighted by atomic mass is 9.79. The third-order valence-electron chi connectivity index (χ3n) is 8.14. The molecule has 3 aromatic rings. The lowest BCUT2D eigenvalue weighted by Crippen LogP contribution is -2.52. The van der Waals surface area contributed by atoms with Gasteiger partial charge in [-0.3, -0.25) is 19.3 Å². The molecule has 1 saturated heterocycles. The molecule has 7 nitrogen and oxygen atoms in total. The van der Waals surface area contributed by atoms with Crippen molar-refractivity contribution in [2.45, 2.75) is 43.3 Å². The Morgan fingerprint density at radius 2 is 1.77 bits per heavy atom. The van der Waals surface area contributed by atoms with Crippen LogP contribution in [0.5, 0.6) is 0 Å². The SMILES string of the molecule is CN1C(=O)C2(CCc3cc(NC(=O)[C@@H]4CCCN4)ccc32)C(=O)N(c2ccccc2)c2cc(C(F)(F)F)ccc21. The molecule has 0 bridgehead atoms. The van der Waals surface area contributed by atoms with Gasteiger partial charge in [0.15, 0.2) is 5.41 Å². The van der Waals surface area contributed by atoms with Gasteiger partial charge in [0, 0.05) is 18.4 Å². The van der Waals surface area contributed by atoms with Crippen molar-refractivity contribution in [1.29, 1.82) is 0 Å². The van der Waals surface area contributed by atoms with E-state index in [0.29, 0.717) is 23.4 Å². The van der Waals surface area contributed by atoms with Gasteiger partial charge in [0.2, 0.25) is 11.8 Å². The molecule has 1 fully saturated rings. The van der Waals surface area contributed by atoms with Crippen LogP contribution in [-0.2, 0) is 32.4 Å². The highest BCUT2D eigenvalue weighted by atomic mass is 19.4. The van der Waals surface area contributed by atoms with Crippen molar-refractivity contribution in [2.24, 2.45) is 0 Å². The van der Waals surface area contributed by atoms with Crippen LogP contribution in [0.2, 0.25) is 0 Å². The van der Waals surface area contributed by atoms with Gasteiger partial charge < -0.3 is 15.5 Å². The summed E-state index contributed by atoms with van der Waals surface area (Å²) in [4.78, 5) is 43.9. The summed E-state index contributed by atoms with van der Waals surface area (Å²) >= 11 is 0. The summed E-state index contributed by atoms with van der Waals surface area (Å²) in [5.41, 5.74) is -0.216. The zero-order valence-electron chi connectivity index (χ0n) is 21.7. The Labute approximate surface area is 229 Å². The van der Waals surface area contributed by atoms with Crippen LogP contribution in [0.1, 0.15) is 36.0 Å². The van der Waals surface area contributed by atoms with Gasteiger partial charge >= 0.3 is 6.18 Å². The molecule has 2 heterocycles. The van der Waals surface area contributed by atoms with Crippen molar-refractivity contribution in [2.75, 3.05) is 28.7 Å². The first-order valence-corrected chi connectivity index (χ1v) is 13.2. The number of aryl methyl sites for hydroxylation is 1. The van der Waals surface area contributed by atoms with Crippen LogP contribution in [0.3, 0.4) is 0 Å². The molecule has 1 unspecified atom stereocenters. The number of fused-ring (bicyclic) bond motifs is 3. The van der Waals surface area contributed by atoms with Crippen molar-refractivity contribution in [3.05, 3.63) is 83.4 Å². The fourth-order valence-electron chi connectivity index (χ4n) is 6.12. The van der Waals surface area contributed by atoms with Gasteiger partial charge in [-0.05, 0) is 85.8 Å². The fourth-order valence-corrected chi connectivity index (χ4v) is 6.12. The number of benzene rings is 3. The Balaban J connectivity index is 1.47. The minimum atomic E-state index is -4.64. The summed E-state index contributed by atoms with van der Waals surface area (Å²) in [6, 6.07) is 16.4. The van der Waals surface area contributed by atoms with E-state index < -0.39 is 29.0 Å². The lowest BCUT2D eigenvalue weighted by Gasteiger charge is -2.32. The van der Waals surface area contributed by atoms with Gasteiger partial charge in [0.05, 0.1) is 23.0 Å². The van der Waals surface area contributed by atoms with Crippen LogP contribution in [0.25, 0.3) is 0 Å². The highest BCUT2D eigenvalue weighted by Crippen LogP contribution is 2.50. The Hall–Kier alpha value is -4.18. The highest BCUT2D eigenvalue weighted by molar-refractivity contribution is 6.27. The Bertz CT molecular complexity index is 1520. The summed E-state index contributed by atoms with van der Waals surface area (Å²) in [6.45, 7) is 0.785. The average Bonchev–Trinajstić information content (AvgIpc) is 3.60. The second-order valence-corrected chi connectivity index (χ2v) is 10.5. The molecule has 1 aliphatic carbocycles. The van der Waals surface area contributed by atoms with E-state index in [1.807, 2.05) is 0 Å². The molecule has 0 aromatic heterocycles. The summed E-state index contributed by atoms with van der Waals surface area (Å²) in [6.07, 6.45) is -2.43. The molecular weight excluding hydrogens is 521 g/mol. The van der Waals surface area contributed by atoms with E-state index in [2.05, 4.69) is 10.6 Å². The third-order valence-corrected chi connectivity index (χ3v) is 8.14. The van der Waals surface area contributed by atoms with Gasteiger partial charge in [-0.2, -0.15) is 13.2 Å². The number of rotatable bonds is 3. The number of carbonyl (C=O) groups is 3. The average molecular weight is 549 g/mol. The number of alkyl halides is 3. The first kappa shape index (κ1) is 26.1. The molecule has 6 rings (SSSR count). The van der Waals surface area contributed by atoms with Gasteiger partial charge in [-0.15, -0.1) is 0 Å². The summed E-state index contributed by atoms with van der Waals surface area (Å²) in [7, 11) is 1.49. The number of likely N-dealkylation sites (N-methyl/N-ethyl adjacent to an activating group) is 1. The Kier molecular flexibility index (Phi) is 6.18. The van der Waals surface area contributed by atoms with E-state index in [9.17, 15) is 27.6 Å². The number of nitrogens with zero attached hydrogens (tertiary/aromatic N) is 2. The van der Waals surface area contributed by atoms with Gasteiger partial charge in [0.1, 0.15) is 0 Å². The number of nitrogens with one attached hydrogen (secondary N) is 2. The molecule has 0 saturated carbocycles. The Morgan fingerprint density at radius 3 is 2.48 bits per heavy atom. The minimum absolute atomic E-state index is 0.0138. The molecule has 3 aliphatic rings. The minimum Gasteiger partial charge on any atom is -0.325 e. The predicted octanol–water partition coefficient (Wildman–Crippen LogP) is 4.92. The quantitative estimate of drug-likeness (QED) is 0.456. The maximum atomic E-state index is 14.6. The van der Waals surface area contributed by atoms with Crippen LogP contribution >= 0.6 is 0 Å². The summed E-state index contributed by atoms with van der Waals surface area (Å²) in [5.74, 6) is -1.26. The van der Waals surface area contributed by atoms with E-state index in [4.69, 9.17) is 0 Å². The monoisotopic (exact) mass is 548 g/mol. The van der Waals surface area contributed by atoms with E-state index in [0.717, 1.165) is 37.1 Å². The van der Waals surface area contributed by atoms with Crippen LogP contribution < -0.4 is 20.4 Å². The van der Waals surface area contributed by atoms with Crippen LogP contribution in [0, 0.1) is 0 Å². The fraction of sp³-hybridized carbons (Fsp3) is 0.300. The Morgan fingerprint density at radius 1 is 1.00 bits per heavy atom. The zero-order chi connectivity index (χ0) is 28.2. The molecule has 2 N–H and O–H groups in total. The molecule has 1 spiro atoms. The van der Waals surface area contributed by atoms with Crippen LogP contribution in [-0.4, -0.2) is 37.4 Å². The smallest absolute Gasteiger partial charge is 0.325 e. The topological polar surface area (TPSA) is 81.8 Å². The summed E-state index contributed by atoms with van der Waals surface area (Å²) in [5, 5.41) is 6.08. The molecular formula is C30H27F3N4O3. The number of hydrogen-bond acceptors (Lipinski definition) is 4. The summed E-state index contributed by atoms with van der Waals surface area (Å²) < 4.78 is 41.3. The number of carbonyl (C=O) groups excluding carboxylic acids is 3. The van der Waals surface area contributed by atoms with Gasteiger partial charge in [0.25, 0.3) is 5.91 Å². The highest BCUT2D eigenvalue weighted by Gasteiger charge is 2.57. The molecule has 206 valence electrons. The van der Waals surface area contributed by atoms with Crippen LogP contribution in [0.4, 0.5) is 35.9 Å². The number of halogens is 3. The molecule has 3 aromatic carbocycles. The van der Waals surface area contributed by atoms with E-state index in [1.54, 1.807) is 48.5 Å². The van der Waals surface area contributed by atoms with Gasteiger partial charge in [-0.25, -0.2) is 0 Å². The van der Waals surface area contributed by atoms with Crippen LogP contribution in [0.15, 0.2) is 66.7 Å². The maximum absolute atomic E-state index is 14.6. The second-order valence-electron chi connectivity index (χ2n) is 10.5. The first-order valence-electron chi connectivity index (χ1n) is 13.2. The van der Waals surface area contributed by atoms with Crippen molar-refractivity contribution in [3.8, 4) is 0 Å². The number of anilines is 4. The van der Waals surface area contributed by atoms with Crippen molar-refractivity contribution in [3.63, 3.8) is 0 Å². The zero-order valence-corrected chi connectivity index (χ0v) is 21.7. The molecule has 2 atom stereocenters. The van der Waals surface area contributed by atoms with Crippen molar-refractivity contribution < 1.29 is 27.6 Å². The normalized spacial score (nSPS) is 22.4. The van der Waals surface area contributed by atoms with E-state index in [1.165, 1.54) is 22.9 Å². The maximum Gasteiger partial charge on any atom is 0.416 e. The number of hydrogen-bond donors (Lipinski definition) is 2. The largest absolute Gasteiger partial charge is 0.416 e. The molecule has 0 radical (unpaired) electrons. The third kappa shape index (κ3) is 4.05. The van der Waals surface area contributed by atoms with E-state index >= 15 is 0 Å². The molecule has 2 aliphatic heterocycles. The number of amides is 3. The number of para-hydroxylation sites is 1. The lowest BCUT2D eigenvalue weighted by molar-refractivity contribution is -0.138. The van der Waals surface area contributed by atoms with Gasteiger partial charge in [-0.1, -0.05) is 24.3 Å². The van der Waals surface area contributed by atoms with Crippen molar-refractivity contribution in [1.82, 2.24) is 5.32 Å².